The Morgan fingerprint density at radius 2 is 2.29 bits per heavy atom. The molecule has 4 nitrogen and oxygen atoms in total. The number of nitrogens with one attached hydrogen (secondary N) is 2. The Bertz CT molecular complexity index is 173. The Morgan fingerprint density at radius 1 is 1.41 bits per heavy atom. The van der Waals surface area contributed by atoms with Crippen molar-refractivity contribution in [1.82, 2.24) is 10.6 Å². The number of ether oxygens (including phenoxy) is 2. The Labute approximate surface area is 105 Å². The first-order chi connectivity index (χ1) is 8.33. The van der Waals surface area contributed by atoms with E-state index < -0.39 is 0 Å². The van der Waals surface area contributed by atoms with Crippen molar-refractivity contribution in [2.75, 3.05) is 40.0 Å². The van der Waals surface area contributed by atoms with E-state index in [1.807, 2.05) is 0 Å². The molecule has 0 aromatic rings. The van der Waals surface area contributed by atoms with Crippen LogP contribution in [0.2, 0.25) is 0 Å². The molecule has 2 atom stereocenters. The first kappa shape index (κ1) is 14.9. The summed E-state index contributed by atoms with van der Waals surface area (Å²) in [5, 5.41) is 7.06. The van der Waals surface area contributed by atoms with Gasteiger partial charge in [0.1, 0.15) is 0 Å². The largest absolute Gasteiger partial charge is 0.385 e. The Morgan fingerprint density at radius 3 is 3.00 bits per heavy atom. The van der Waals surface area contributed by atoms with Crippen molar-refractivity contribution in [2.45, 2.75) is 44.7 Å². The zero-order chi connectivity index (χ0) is 12.3. The number of hydrogen-bond donors (Lipinski definition) is 2. The molecule has 0 aliphatic carbocycles. The minimum atomic E-state index is 0.528. The fourth-order valence-corrected chi connectivity index (χ4v) is 2.18. The van der Waals surface area contributed by atoms with Crippen molar-refractivity contribution in [3.05, 3.63) is 0 Å². The smallest absolute Gasteiger partial charge is 0.0620 e. The third kappa shape index (κ3) is 7.71. The molecule has 0 amide bonds. The van der Waals surface area contributed by atoms with Crippen molar-refractivity contribution in [2.24, 2.45) is 0 Å². The van der Waals surface area contributed by atoms with Crippen LogP contribution in [0.5, 0.6) is 0 Å². The quantitative estimate of drug-likeness (QED) is 0.597. The molecule has 2 N–H and O–H groups in total. The summed E-state index contributed by atoms with van der Waals surface area (Å²) in [4.78, 5) is 0. The number of morpholine rings is 1. The van der Waals surface area contributed by atoms with Gasteiger partial charge in [-0.2, -0.15) is 0 Å². The van der Waals surface area contributed by atoms with E-state index in [1.54, 1.807) is 7.11 Å². The van der Waals surface area contributed by atoms with E-state index in [0.717, 1.165) is 39.3 Å². The maximum atomic E-state index is 5.45. The minimum Gasteiger partial charge on any atom is -0.385 e. The highest BCUT2D eigenvalue weighted by molar-refractivity contribution is 4.75. The fourth-order valence-electron chi connectivity index (χ4n) is 2.18. The molecular formula is C13H28N2O2. The predicted octanol–water partition coefficient (Wildman–Crippen LogP) is 1.16. The zero-order valence-corrected chi connectivity index (χ0v) is 11.3. The molecular weight excluding hydrogens is 216 g/mol. The van der Waals surface area contributed by atoms with Gasteiger partial charge in [-0.15, -0.1) is 0 Å². The standard InChI is InChI=1S/C13H28N2O2/c1-12(10-13-11-17-9-7-15-13)14-6-4-3-5-8-16-2/h12-15H,3-11H2,1-2H3. The van der Waals surface area contributed by atoms with E-state index in [1.165, 1.54) is 19.3 Å². The summed E-state index contributed by atoms with van der Waals surface area (Å²) in [5.41, 5.74) is 0. The Balaban J connectivity index is 1.91. The van der Waals surface area contributed by atoms with Gasteiger partial charge in [0.15, 0.2) is 0 Å². The SMILES string of the molecule is COCCCCCNC(C)CC1COCCN1. The van der Waals surface area contributed by atoms with Gasteiger partial charge >= 0.3 is 0 Å². The molecule has 2 unspecified atom stereocenters. The second-order valence-electron chi connectivity index (χ2n) is 4.87. The second kappa shape index (κ2) is 9.83. The van der Waals surface area contributed by atoms with Crippen LogP contribution >= 0.6 is 0 Å². The van der Waals surface area contributed by atoms with E-state index in [9.17, 15) is 0 Å². The van der Waals surface area contributed by atoms with Gasteiger partial charge in [-0.3, -0.25) is 0 Å². The van der Waals surface area contributed by atoms with Crippen LogP contribution in [0.15, 0.2) is 0 Å². The lowest BCUT2D eigenvalue weighted by Gasteiger charge is -2.26. The van der Waals surface area contributed by atoms with Gasteiger partial charge in [0, 0.05) is 32.3 Å². The molecule has 1 heterocycles. The highest BCUT2D eigenvalue weighted by atomic mass is 16.5. The van der Waals surface area contributed by atoms with Crippen molar-refractivity contribution in [3.8, 4) is 0 Å². The van der Waals surface area contributed by atoms with Gasteiger partial charge in [0.25, 0.3) is 0 Å². The van der Waals surface area contributed by atoms with E-state index in [4.69, 9.17) is 9.47 Å². The molecule has 1 aliphatic rings. The number of rotatable bonds is 9. The van der Waals surface area contributed by atoms with Crippen LogP contribution in [0.1, 0.15) is 32.6 Å². The summed E-state index contributed by atoms with van der Waals surface area (Å²) in [6.07, 6.45) is 4.81. The van der Waals surface area contributed by atoms with Gasteiger partial charge in [0.05, 0.1) is 13.2 Å². The van der Waals surface area contributed by atoms with Crippen LogP contribution in [-0.4, -0.2) is 52.1 Å². The Hall–Kier alpha value is -0.160. The number of methoxy groups -OCH3 is 1. The van der Waals surface area contributed by atoms with Gasteiger partial charge in [-0.25, -0.2) is 0 Å². The first-order valence-corrected chi connectivity index (χ1v) is 6.86. The fraction of sp³-hybridized carbons (Fsp3) is 1.00. The third-order valence-corrected chi connectivity index (χ3v) is 3.15. The minimum absolute atomic E-state index is 0.528. The van der Waals surface area contributed by atoms with Crippen LogP contribution < -0.4 is 10.6 Å². The van der Waals surface area contributed by atoms with E-state index in [0.29, 0.717) is 12.1 Å². The van der Waals surface area contributed by atoms with Gasteiger partial charge in [-0.05, 0) is 39.2 Å². The number of hydrogen-bond acceptors (Lipinski definition) is 4. The van der Waals surface area contributed by atoms with Crippen LogP contribution in [0.3, 0.4) is 0 Å². The molecule has 1 saturated heterocycles. The van der Waals surface area contributed by atoms with Gasteiger partial charge < -0.3 is 20.1 Å². The van der Waals surface area contributed by atoms with Crippen molar-refractivity contribution < 1.29 is 9.47 Å². The maximum absolute atomic E-state index is 5.45. The van der Waals surface area contributed by atoms with Gasteiger partial charge in [0.2, 0.25) is 0 Å². The average Bonchev–Trinajstić information content (AvgIpc) is 2.35. The summed E-state index contributed by atoms with van der Waals surface area (Å²) >= 11 is 0. The molecule has 4 heteroatoms. The van der Waals surface area contributed by atoms with Gasteiger partial charge in [-0.1, -0.05) is 0 Å². The van der Waals surface area contributed by atoms with E-state index >= 15 is 0 Å². The lowest BCUT2D eigenvalue weighted by Crippen LogP contribution is -2.45. The lowest BCUT2D eigenvalue weighted by molar-refractivity contribution is 0.0712. The highest BCUT2D eigenvalue weighted by Gasteiger charge is 2.15. The first-order valence-electron chi connectivity index (χ1n) is 6.86. The summed E-state index contributed by atoms with van der Waals surface area (Å²) < 4.78 is 10.5. The molecule has 1 aliphatic heterocycles. The van der Waals surface area contributed by atoms with E-state index in [-0.39, 0.29) is 0 Å². The molecule has 0 radical (unpaired) electrons. The molecule has 0 bridgehead atoms. The third-order valence-electron chi connectivity index (χ3n) is 3.15. The lowest BCUT2D eigenvalue weighted by atomic mass is 10.1. The topological polar surface area (TPSA) is 42.5 Å². The van der Waals surface area contributed by atoms with Crippen LogP contribution in [0, 0.1) is 0 Å². The van der Waals surface area contributed by atoms with Crippen LogP contribution in [0.4, 0.5) is 0 Å². The molecule has 102 valence electrons. The molecule has 0 saturated carbocycles. The van der Waals surface area contributed by atoms with Crippen LogP contribution in [0.25, 0.3) is 0 Å². The monoisotopic (exact) mass is 244 g/mol. The average molecular weight is 244 g/mol. The zero-order valence-electron chi connectivity index (χ0n) is 11.3. The van der Waals surface area contributed by atoms with Crippen molar-refractivity contribution in [3.63, 3.8) is 0 Å². The molecule has 0 spiro atoms. The molecule has 1 fully saturated rings. The van der Waals surface area contributed by atoms with Crippen LogP contribution in [-0.2, 0) is 9.47 Å². The summed E-state index contributed by atoms with van der Waals surface area (Å²) in [7, 11) is 1.76. The van der Waals surface area contributed by atoms with Crippen molar-refractivity contribution in [1.29, 1.82) is 0 Å². The molecule has 17 heavy (non-hydrogen) atoms. The molecule has 0 aromatic heterocycles. The highest BCUT2D eigenvalue weighted by Crippen LogP contribution is 2.03. The second-order valence-corrected chi connectivity index (χ2v) is 4.87. The summed E-state index contributed by atoms with van der Waals surface area (Å²) in [6, 6.07) is 1.09. The normalized spacial score (nSPS) is 22.6. The Kier molecular flexibility index (Phi) is 8.61. The maximum Gasteiger partial charge on any atom is 0.0620 e. The number of unbranched alkanes of at least 4 members (excludes halogenated alkanes) is 2. The summed E-state index contributed by atoms with van der Waals surface area (Å²) in [6.45, 7) is 6.97. The predicted molar refractivity (Wildman–Crippen MR) is 70.4 cm³/mol. The molecule has 0 aromatic carbocycles. The van der Waals surface area contributed by atoms with E-state index in [2.05, 4.69) is 17.6 Å². The molecule has 1 rings (SSSR count). The summed E-state index contributed by atoms with van der Waals surface area (Å²) in [5.74, 6) is 0. The van der Waals surface area contributed by atoms with Crippen molar-refractivity contribution >= 4 is 0 Å².